The van der Waals surface area contributed by atoms with Crippen molar-refractivity contribution in [3.63, 3.8) is 0 Å². The summed E-state index contributed by atoms with van der Waals surface area (Å²) in [4.78, 5) is 31.8. The zero-order valence-corrected chi connectivity index (χ0v) is 8.50. The number of hydrogen-bond acceptors (Lipinski definition) is 4. The van der Waals surface area contributed by atoms with Crippen molar-refractivity contribution in [2.45, 2.75) is 0 Å². The number of rotatable bonds is 3. The van der Waals surface area contributed by atoms with Gasteiger partial charge in [-0.25, -0.2) is 9.59 Å². The Labute approximate surface area is 100.0 Å². The number of carboxylic acid groups (broad SMARTS) is 3. The Morgan fingerprint density at radius 3 is 1.62 bits per heavy atom. The molecule has 0 saturated heterocycles. The number of aromatic carboxylic acids is 3. The van der Waals surface area contributed by atoms with Gasteiger partial charge < -0.3 is 20.1 Å². The summed E-state index contributed by atoms with van der Waals surface area (Å²) in [5, 5.41) is 27.9. The van der Waals surface area contributed by atoms with Crippen LogP contribution in [0.3, 0.4) is 0 Å². The maximum atomic E-state index is 10.6. The number of carbonyl (C=O) groups is 3. The summed E-state index contributed by atoms with van der Waals surface area (Å²) in [6.07, 6.45) is 0. The van der Waals surface area contributed by atoms with E-state index in [0.29, 0.717) is 0 Å². The third-order valence-electron chi connectivity index (χ3n) is 1.73. The Morgan fingerprint density at radius 1 is 1.00 bits per heavy atom. The predicted molar refractivity (Wildman–Crippen MR) is 44.7 cm³/mol. The second-order valence-electron chi connectivity index (χ2n) is 2.63. The minimum absolute atomic E-state index is 0. The van der Waals surface area contributed by atoms with Gasteiger partial charge in [-0.3, -0.25) is 0 Å². The van der Waals surface area contributed by atoms with E-state index in [1.807, 2.05) is 0 Å². The van der Waals surface area contributed by atoms with Crippen molar-refractivity contribution in [3.05, 3.63) is 34.9 Å². The average Bonchev–Trinajstić information content (AvgIpc) is 2.16. The first-order valence-electron chi connectivity index (χ1n) is 3.76. The standard InChI is InChI=1S/C9H6O6.Cu/c10-7(11)4-2-1-3-5(8(12)13)6(4)9(14)15;/h1-3H,(H,10,11)(H,12,13)(H,14,15);/q;+1/p-1. The quantitative estimate of drug-likeness (QED) is 0.713. The van der Waals surface area contributed by atoms with Gasteiger partial charge in [-0.15, -0.1) is 0 Å². The average molecular weight is 273 g/mol. The first-order chi connectivity index (χ1) is 6.95. The zero-order chi connectivity index (χ0) is 11.6. The van der Waals surface area contributed by atoms with Crippen LogP contribution in [-0.4, -0.2) is 28.1 Å². The predicted octanol–water partition coefficient (Wildman–Crippen LogP) is -0.556. The number of carbonyl (C=O) groups excluding carboxylic acids is 1. The molecule has 0 fully saturated rings. The van der Waals surface area contributed by atoms with E-state index in [-0.39, 0.29) is 17.1 Å². The number of carboxylic acids is 3. The Morgan fingerprint density at radius 2 is 1.38 bits per heavy atom. The van der Waals surface area contributed by atoms with Gasteiger partial charge in [0, 0.05) is 5.56 Å². The van der Waals surface area contributed by atoms with Gasteiger partial charge in [0.2, 0.25) is 0 Å². The smallest absolute Gasteiger partial charge is 0.545 e. The zero-order valence-electron chi connectivity index (χ0n) is 7.56. The monoisotopic (exact) mass is 272 g/mol. The van der Waals surface area contributed by atoms with Gasteiger partial charge in [0.25, 0.3) is 0 Å². The van der Waals surface area contributed by atoms with E-state index in [0.717, 1.165) is 18.2 Å². The summed E-state index contributed by atoms with van der Waals surface area (Å²) in [6.45, 7) is 0. The van der Waals surface area contributed by atoms with Crippen LogP contribution in [-0.2, 0) is 17.1 Å². The van der Waals surface area contributed by atoms with Gasteiger partial charge in [0.05, 0.1) is 17.1 Å². The molecule has 0 saturated carbocycles. The fraction of sp³-hybridized carbons (Fsp3) is 0. The van der Waals surface area contributed by atoms with Crippen LogP contribution in [0.1, 0.15) is 31.1 Å². The maximum absolute atomic E-state index is 10.6. The molecule has 0 atom stereocenters. The molecule has 16 heavy (non-hydrogen) atoms. The third kappa shape index (κ3) is 2.59. The summed E-state index contributed by atoms with van der Waals surface area (Å²) in [5.74, 6) is -4.86. The van der Waals surface area contributed by atoms with Crippen molar-refractivity contribution < 1.29 is 46.8 Å². The van der Waals surface area contributed by atoms with Crippen molar-refractivity contribution >= 4 is 17.9 Å². The molecule has 88 valence electrons. The SMILES string of the molecule is O=C(O)c1cccc(C(=O)O)c1C(=O)[O-].[Cu+]. The van der Waals surface area contributed by atoms with Gasteiger partial charge >= 0.3 is 29.0 Å². The minimum atomic E-state index is -1.83. The largest absolute Gasteiger partial charge is 1.00 e. The molecule has 0 aromatic heterocycles. The molecule has 0 heterocycles. The van der Waals surface area contributed by atoms with Gasteiger partial charge in [0.15, 0.2) is 0 Å². The van der Waals surface area contributed by atoms with Gasteiger partial charge in [0.1, 0.15) is 0 Å². The summed E-state index contributed by atoms with van der Waals surface area (Å²) >= 11 is 0. The van der Waals surface area contributed by atoms with E-state index in [4.69, 9.17) is 10.2 Å². The molecule has 7 heteroatoms. The van der Waals surface area contributed by atoms with Gasteiger partial charge in [-0.2, -0.15) is 0 Å². The molecule has 0 radical (unpaired) electrons. The van der Waals surface area contributed by atoms with Crippen LogP contribution >= 0.6 is 0 Å². The van der Waals surface area contributed by atoms with Crippen molar-refractivity contribution in [2.75, 3.05) is 0 Å². The van der Waals surface area contributed by atoms with Crippen LogP contribution in [0.4, 0.5) is 0 Å². The van der Waals surface area contributed by atoms with Crippen molar-refractivity contribution in [3.8, 4) is 0 Å². The minimum Gasteiger partial charge on any atom is -0.545 e. The van der Waals surface area contributed by atoms with Crippen LogP contribution in [0, 0.1) is 0 Å². The van der Waals surface area contributed by atoms with Gasteiger partial charge in [-0.05, 0) is 12.1 Å². The molecule has 0 aliphatic carbocycles. The number of hydrogen-bond donors (Lipinski definition) is 2. The second-order valence-corrected chi connectivity index (χ2v) is 2.63. The van der Waals surface area contributed by atoms with Crippen LogP contribution < -0.4 is 5.11 Å². The van der Waals surface area contributed by atoms with E-state index in [2.05, 4.69) is 0 Å². The molecule has 1 aromatic rings. The van der Waals surface area contributed by atoms with E-state index >= 15 is 0 Å². The normalized spacial score (nSPS) is 9.00. The third-order valence-corrected chi connectivity index (χ3v) is 1.73. The molecule has 1 rings (SSSR count). The van der Waals surface area contributed by atoms with Crippen molar-refractivity contribution in [1.82, 2.24) is 0 Å². The Kier molecular flexibility index (Phi) is 4.68. The van der Waals surface area contributed by atoms with Crippen molar-refractivity contribution in [1.29, 1.82) is 0 Å². The van der Waals surface area contributed by atoms with E-state index in [9.17, 15) is 19.5 Å². The molecular weight excluding hydrogens is 268 g/mol. The molecule has 0 amide bonds. The molecule has 0 unspecified atom stereocenters. The second kappa shape index (κ2) is 5.29. The van der Waals surface area contributed by atoms with E-state index in [1.165, 1.54) is 0 Å². The fourth-order valence-electron chi connectivity index (χ4n) is 1.13. The Hall–Kier alpha value is -1.85. The van der Waals surface area contributed by atoms with Crippen LogP contribution in [0.25, 0.3) is 0 Å². The molecule has 6 nitrogen and oxygen atoms in total. The van der Waals surface area contributed by atoms with E-state index in [1.54, 1.807) is 0 Å². The first kappa shape index (κ1) is 14.1. The molecule has 0 aliphatic rings. The van der Waals surface area contributed by atoms with Gasteiger partial charge in [-0.1, -0.05) is 6.07 Å². The topological polar surface area (TPSA) is 115 Å². The molecule has 2 N–H and O–H groups in total. The molecular formula is C9H5CuO6. The molecule has 0 aliphatic heterocycles. The van der Waals surface area contributed by atoms with Crippen molar-refractivity contribution in [2.24, 2.45) is 0 Å². The number of benzene rings is 1. The Bertz CT molecular complexity index is 421. The fourth-order valence-corrected chi connectivity index (χ4v) is 1.13. The molecule has 0 spiro atoms. The summed E-state index contributed by atoms with van der Waals surface area (Å²) < 4.78 is 0. The van der Waals surface area contributed by atoms with Crippen LogP contribution in [0.5, 0.6) is 0 Å². The molecule has 0 bridgehead atoms. The Balaban J connectivity index is 0.00000225. The maximum Gasteiger partial charge on any atom is 1.00 e. The summed E-state index contributed by atoms with van der Waals surface area (Å²) in [7, 11) is 0. The van der Waals surface area contributed by atoms with Crippen LogP contribution in [0.15, 0.2) is 18.2 Å². The molecule has 1 aromatic carbocycles. The van der Waals surface area contributed by atoms with E-state index < -0.39 is 34.6 Å². The summed E-state index contributed by atoms with van der Waals surface area (Å²) in [5.41, 5.74) is -2.03. The summed E-state index contributed by atoms with van der Waals surface area (Å²) in [6, 6.07) is 3.15. The van der Waals surface area contributed by atoms with Crippen LogP contribution in [0.2, 0.25) is 0 Å². The first-order valence-corrected chi connectivity index (χ1v) is 3.76.